The fourth-order valence-electron chi connectivity index (χ4n) is 1.74. The zero-order valence-electron chi connectivity index (χ0n) is 12.6. The molecule has 0 saturated carbocycles. The molecule has 0 aromatic heterocycles. The van der Waals surface area contributed by atoms with Crippen LogP contribution in [0.25, 0.3) is 0 Å². The van der Waals surface area contributed by atoms with Gasteiger partial charge in [-0.05, 0) is 35.9 Å². The first-order chi connectivity index (χ1) is 11.5. The molecule has 0 fully saturated rings. The van der Waals surface area contributed by atoms with Crippen LogP contribution in [0.2, 0.25) is 5.02 Å². The molecule has 0 aliphatic heterocycles. The molecule has 0 bridgehead atoms. The summed E-state index contributed by atoms with van der Waals surface area (Å²) in [4.78, 5) is 23.2. The van der Waals surface area contributed by atoms with E-state index in [9.17, 15) is 9.59 Å². The van der Waals surface area contributed by atoms with E-state index in [2.05, 4.69) is 21.2 Å². The molecule has 0 aliphatic carbocycles. The highest BCUT2D eigenvalue weighted by Crippen LogP contribution is 2.17. The maximum absolute atomic E-state index is 11.6. The van der Waals surface area contributed by atoms with Gasteiger partial charge in [0.1, 0.15) is 5.75 Å². The largest absolute Gasteiger partial charge is 0.482 e. The Hall–Kier alpha value is -2.05. The number of nitrogens with one attached hydrogen (secondary N) is 1. The van der Waals surface area contributed by atoms with Gasteiger partial charge in [0.05, 0.1) is 0 Å². The van der Waals surface area contributed by atoms with Gasteiger partial charge >= 0.3 is 5.97 Å². The third-order valence-corrected chi connectivity index (χ3v) is 3.67. The summed E-state index contributed by atoms with van der Waals surface area (Å²) in [7, 11) is 0. The number of carbonyl (C=O) groups excluding carboxylic acids is 2. The van der Waals surface area contributed by atoms with Crippen LogP contribution in [0.4, 0.5) is 0 Å². The minimum atomic E-state index is -0.614. The highest BCUT2D eigenvalue weighted by Gasteiger charge is 2.08. The van der Waals surface area contributed by atoms with Crippen molar-refractivity contribution in [3.63, 3.8) is 0 Å². The molecule has 0 atom stereocenters. The first-order valence-electron chi connectivity index (χ1n) is 7.08. The van der Waals surface area contributed by atoms with E-state index in [0.717, 1.165) is 10.0 Å². The Morgan fingerprint density at radius 1 is 1.08 bits per heavy atom. The Balaban J connectivity index is 1.65. The van der Waals surface area contributed by atoms with Crippen molar-refractivity contribution < 1.29 is 19.1 Å². The van der Waals surface area contributed by atoms with E-state index in [1.54, 1.807) is 42.5 Å². The van der Waals surface area contributed by atoms with E-state index < -0.39 is 5.97 Å². The van der Waals surface area contributed by atoms with Crippen molar-refractivity contribution in [1.82, 2.24) is 5.32 Å². The summed E-state index contributed by atoms with van der Waals surface area (Å²) < 4.78 is 11.0. The lowest BCUT2D eigenvalue weighted by Gasteiger charge is -2.08. The summed E-state index contributed by atoms with van der Waals surface area (Å²) >= 11 is 9.09. The average molecular weight is 413 g/mol. The molecule has 2 rings (SSSR count). The monoisotopic (exact) mass is 411 g/mol. The van der Waals surface area contributed by atoms with Gasteiger partial charge in [0, 0.05) is 16.0 Å². The first kappa shape index (κ1) is 18.3. The van der Waals surface area contributed by atoms with Crippen molar-refractivity contribution >= 4 is 39.4 Å². The average Bonchev–Trinajstić information content (AvgIpc) is 2.57. The van der Waals surface area contributed by atoms with E-state index >= 15 is 0 Å². The zero-order valence-corrected chi connectivity index (χ0v) is 15.0. The third kappa shape index (κ3) is 6.60. The molecule has 24 heavy (non-hydrogen) atoms. The lowest BCUT2D eigenvalue weighted by molar-refractivity contribution is -0.150. The first-order valence-corrected chi connectivity index (χ1v) is 8.25. The lowest BCUT2D eigenvalue weighted by atomic mass is 10.2. The predicted octanol–water partition coefficient (Wildman–Crippen LogP) is 3.34. The standard InChI is InChI=1S/C17H15BrClNO4/c18-13-2-1-3-15(8-13)23-11-17(22)24-10-16(21)20-9-12-4-6-14(19)7-5-12/h1-8H,9-11H2,(H,20,21). The second-order valence-corrected chi connectivity index (χ2v) is 6.16. The molecule has 0 unspecified atom stereocenters. The van der Waals surface area contributed by atoms with Crippen LogP contribution in [0.1, 0.15) is 5.56 Å². The van der Waals surface area contributed by atoms with Gasteiger partial charge in [-0.3, -0.25) is 4.79 Å². The fourth-order valence-corrected chi connectivity index (χ4v) is 2.24. The van der Waals surface area contributed by atoms with Crippen LogP contribution in [0.3, 0.4) is 0 Å². The second kappa shape index (κ2) is 9.30. The highest BCUT2D eigenvalue weighted by atomic mass is 79.9. The van der Waals surface area contributed by atoms with Crippen LogP contribution >= 0.6 is 27.5 Å². The zero-order chi connectivity index (χ0) is 17.4. The third-order valence-electron chi connectivity index (χ3n) is 2.92. The molecule has 5 nitrogen and oxygen atoms in total. The Morgan fingerprint density at radius 2 is 1.83 bits per heavy atom. The van der Waals surface area contributed by atoms with Gasteiger partial charge in [0.15, 0.2) is 13.2 Å². The van der Waals surface area contributed by atoms with Crippen LogP contribution < -0.4 is 10.1 Å². The summed E-state index contributed by atoms with van der Waals surface area (Å²) in [5, 5.41) is 3.28. The quantitative estimate of drug-likeness (QED) is 0.709. The molecule has 7 heteroatoms. The summed E-state index contributed by atoms with van der Waals surface area (Å²) in [5.41, 5.74) is 0.900. The fraction of sp³-hybridized carbons (Fsp3) is 0.176. The van der Waals surface area contributed by atoms with E-state index in [4.69, 9.17) is 21.1 Å². The van der Waals surface area contributed by atoms with Crippen molar-refractivity contribution in [2.45, 2.75) is 6.54 Å². The Bertz CT molecular complexity index is 706. The molecule has 0 spiro atoms. The Morgan fingerprint density at radius 3 is 2.54 bits per heavy atom. The van der Waals surface area contributed by atoms with Gasteiger partial charge in [0.2, 0.25) is 0 Å². The minimum Gasteiger partial charge on any atom is -0.482 e. The number of hydrogen-bond donors (Lipinski definition) is 1. The number of halogens is 2. The summed E-state index contributed by atoms with van der Waals surface area (Å²) in [5.74, 6) is -0.467. The number of carbonyl (C=O) groups is 2. The molecular formula is C17H15BrClNO4. The molecule has 2 aromatic rings. The molecule has 0 radical (unpaired) electrons. The number of hydrogen-bond acceptors (Lipinski definition) is 4. The number of rotatable bonds is 7. The van der Waals surface area contributed by atoms with Crippen LogP contribution in [0, 0.1) is 0 Å². The maximum Gasteiger partial charge on any atom is 0.344 e. The molecular weight excluding hydrogens is 398 g/mol. The van der Waals surface area contributed by atoms with Gasteiger partial charge in [-0.15, -0.1) is 0 Å². The lowest BCUT2D eigenvalue weighted by Crippen LogP contribution is -2.29. The number of esters is 1. The summed E-state index contributed by atoms with van der Waals surface area (Å²) in [6.45, 7) is -0.280. The molecule has 1 amide bonds. The van der Waals surface area contributed by atoms with E-state index in [-0.39, 0.29) is 19.1 Å². The van der Waals surface area contributed by atoms with Crippen molar-refractivity contribution in [1.29, 1.82) is 0 Å². The molecule has 0 aliphatic rings. The number of ether oxygens (including phenoxy) is 2. The van der Waals surface area contributed by atoms with Crippen LogP contribution in [0.5, 0.6) is 5.75 Å². The van der Waals surface area contributed by atoms with Crippen molar-refractivity contribution in [3.8, 4) is 5.75 Å². The second-order valence-electron chi connectivity index (χ2n) is 4.81. The van der Waals surface area contributed by atoms with Crippen molar-refractivity contribution in [2.75, 3.05) is 13.2 Å². The van der Waals surface area contributed by atoms with Crippen molar-refractivity contribution in [3.05, 3.63) is 63.6 Å². The Kier molecular flexibility index (Phi) is 7.08. The van der Waals surface area contributed by atoms with Gasteiger partial charge in [-0.2, -0.15) is 0 Å². The Labute approximate surface area is 153 Å². The minimum absolute atomic E-state index is 0.263. The van der Waals surface area contributed by atoms with E-state index in [1.807, 2.05) is 6.07 Å². The highest BCUT2D eigenvalue weighted by molar-refractivity contribution is 9.10. The molecule has 2 aromatic carbocycles. The van der Waals surface area contributed by atoms with Gasteiger partial charge < -0.3 is 14.8 Å². The number of benzene rings is 2. The predicted molar refractivity (Wildman–Crippen MR) is 93.9 cm³/mol. The topological polar surface area (TPSA) is 64.6 Å². The van der Waals surface area contributed by atoms with Gasteiger partial charge in [-0.1, -0.05) is 45.7 Å². The van der Waals surface area contributed by atoms with Gasteiger partial charge in [0.25, 0.3) is 5.91 Å². The van der Waals surface area contributed by atoms with Crippen molar-refractivity contribution in [2.24, 2.45) is 0 Å². The normalized spacial score (nSPS) is 10.1. The van der Waals surface area contributed by atoms with Gasteiger partial charge in [-0.25, -0.2) is 4.79 Å². The van der Waals surface area contributed by atoms with E-state index in [1.165, 1.54) is 0 Å². The van der Waals surface area contributed by atoms with Crippen LogP contribution in [0.15, 0.2) is 53.0 Å². The van der Waals surface area contributed by atoms with E-state index in [0.29, 0.717) is 17.3 Å². The molecule has 0 heterocycles. The summed E-state index contributed by atoms with van der Waals surface area (Å²) in [6.07, 6.45) is 0. The van der Waals surface area contributed by atoms with Crippen LogP contribution in [-0.2, 0) is 20.9 Å². The smallest absolute Gasteiger partial charge is 0.344 e. The SMILES string of the molecule is O=C(COC(=O)COc1cccc(Br)c1)NCc1ccc(Cl)cc1. The molecule has 126 valence electrons. The maximum atomic E-state index is 11.6. The molecule has 0 saturated heterocycles. The summed E-state index contributed by atoms with van der Waals surface area (Å²) in [6, 6.07) is 14.2. The molecule has 1 N–H and O–H groups in total. The number of amides is 1. The van der Waals surface area contributed by atoms with Crippen LogP contribution in [-0.4, -0.2) is 25.1 Å².